The average molecular weight is 308 g/mol. The molecule has 0 unspecified atom stereocenters. The predicted molar refractivity (Wildman–Crippen MR) is 86.3 cm³/mol. The molecule has 0 spiro atoms. The Kier molecular flexibility index (Phi) is 3.20. The summed E-state index contributed by atoms with van der Waals surface area (Å²) in [5.74, 6) is 1.49. The summed E-state index contributed by atoms with van der Waals surface area (Å²) in [7, 11) is 0. The van der Waals surface area contributed by atoms with Gasteiger partial charge in [0.2, 0.25) is 0 Å². The lowest BCUT2D eigenvalue weighted by molar-refractivity contribution is 0.278. The van der Waals surface area contributed by atoms with Crippen molar-refractivity contribution in [1.82, 2.24) is 29.1 Å². The van der Waals surface area contributed by atoms with Crippen LogP contribution in [0.3, 0.4) is 0 Å². The number of aromatic nitrogens is 6. The van der Waals surface area contributed by atoms with Crippen molar-refractivity contribution < 1.29 is 5.11 Å². The fourth-order valence-corrected chi connectivity index (χ4v) is 2.70. The molecule has 0 aliphatic heterocycles. The van der Waals surface area contributed by atoms with E-state index < -0.39 is 0 Å². The van der Waals surface area contributed by atoms with Crippen LogP contribution >= 0.6 is 0 Å². The maximum atomic E-state index is 9.10. The standard InChI is InChI=1S/C16H16N6O/c1-11-9-18-15(20-11)16-17-4-5-22(16)12-2-3-14-13(8-12)19-10-21(14)6-7-23/h2-5,8-10,23H,6-7H2,1H3,(H,18,20). The van der Waals surface area contributed by atoms with E-state index in [4.69, 9.17) is 5.11 Å². The number of H-pyrrole nitrogens is 1. The first-order chi connectivity index (χ1) is 11.3. The average Bonchev–Trinajstić information content (AvgIpc) is 3.26. The Balaban J connectivity index is 1.80. The van der Waals surface area contributed by atoms with Crippen LogP contribution < -0.4 is 0 Å². The molecule has 7 heteroatoms. The number of aliphatic hydroxyl groups is 1. The smallest absolute Gasteiger partial charge is 0.180 e. The van der Waals surface area contributed by atoms with Crippen LogP contribution in [-0.4, -0.2) is 40.8 Å². The van der Waals surface area contributed by atoms with Gasteiger partial charge in [0.05, 0.1) is 24.0 Å². The Bertz CT molecular complexity index is 964. The number of imidazole rings is 3. The number of benzene rings is 1. The first-order valence-corrected chi connectivity index (χ1v) is 7.38. The van der Waals surface area contributed by atoms with Crippen LogP contribution in [0.4, 0.5) is 0 Å². The summed E-state index contributed by atoms with van der Waals surface area (Å²) in [5, 5.41) is 9.10. The van der Waals surface area contributed by atoms with Crippen molar-refractivity contribution in [2.45, 2.75) is 13.5 Å². The van der Waals surface area contributed by atoms with Crippen LogP contribution in [0, 0.1) is 6.92 Å². The number of nitrogens with zero attached hydrogens (tertiary/aromatic N) is 5. The van der Waals surface area contributed by atoms with E-state index >= 15 is 0 Å². The second kappa shape index (κ2) is 5.36. The van der Waals surface area contributed by atoms with Gasteiger partial charge in [0, 0.05) is 36.5 Å². The number of hydrogen-bond acceptors (Lipinski definition) is 4. The van der Waals surface area contributed by atoms with Crippen molar-refractivity contribution in [2.75, 3.05) is 6.61 Å². The summed E-state index contributed by atoms with van der Waals surface area (Å²) in [6.07, 6.45) is 7.18. The number of fused-ring (bicyclic) bond motifs is 1. The summed E-state index contributed by atoms with van der Waals surface area (Å²) in [4.78, 5) is 16.4. The molecule has 0 bridgehead atoms. The second-order valence-corrected chi connectivity index (χ2v) is 5.37. The van der Waals surface area contributed by atoms with Gasteiger partial charge in [0.1, 0.15) is 0 Å². The van der Waals surface area contributed by atoms with Gasteiger partial charge >= 0.3 is 0 Å². The minimum absolute atomic E-state index is 0.0940. The molecule has 0 amide bonds. The summed E-state index contributed by atoms with van der Waals surface area (Å²) in [5.41, 5.74) is 3.84. The second-order valence-electron chi connectivity index (χ2n) is 5.37. The maximum Gasteiger partial charge on any atom is 0.180 e. The number of nitrogens with one attached hydrogen (secondary N) is 1. The largest absolute Gasteiger partial charge is 0.395 e. The molecule has 1 aromatic carbocycles. The topological polar surface area (TPSA) is 84.6 Å². The minimum atomic E-state index is 0.0940. The molecule has 116 valence electrons. The third kappa shape index (κ3) is 2.31. The molecule has 0 aliphatic rings. The molecule has 23 heavy (non-hydrogen) atoms. The van der Waals surface area contributed by atoms with Crippen molar-refractivity contribution in [2.24, 2.45) is 0 Å². The minimum Gasteiger partial charge on any atom is -0.395 e. The molecule has 0 saturated heterocycles. The highest BCUT2D eigenvalue weighted by atomic mass is 16.3. The van der Waals surface area contributed by atoms with Crippen molar-refractivity contribution >= 4 is 11.0 Å². The molecular formula is C16H16N6O. The quantitative estimate of drug-likeness (QED) is 0.603. The fraction of sp³-hybridized carbons (Fsp3) is 0.188. The molecule has 7 nitrogen and oxygen atoms in total. The van der Waals surface area contributed by atoms with E-state index in [-0.39, 0.29) is 6.61 Å². The molecule has 0 radical (unpaired) electrons. The third-order valence-corrected chi connectivity index (χ3v) is 3.78. The molecule has 4 aromatic rings. The van der Waals surface area contributed by atoms with Gasteiger partial charge in [0.25, 0.3) is 0 Å². The monoisotopic (exact) mass is 308 g/mol. The predicted octanol–water partition coefficient (Wildman–Crippen LogP) is 1.91. The van der Waals surface area contributed by atoms with Crippen molar-refractivity contribution in [1.29, 1.82) is 0 Å². The van der Waals surface area contributed by atoms with Gasteiger partial charge in [-0.3, -0.25) is 4.57 Å². The fourth-order valence-electron chi connectivity index (χ4n) is 2.70. The van der Waals surface area contributed by atoms with Crippen molar-refractivity contribution in [3.05, 3.63) is 48.8 Å². The molecule has 4 rings (SSSR count). The number of hydrogen-bond donors (Lipinski definition) is 2. The zero-order valence-corrected chi connectivity index (χ0v) is 12.6. The van der Waals surface area contributed by atoms with E-state index in [2.05, 4.69) is 19.9 Å². The molecule has 3 heterocycles. The first-order valence-electron chi connectivity index (χ1n) is 7.38. The highest BCUT2D eigenvalue weighted by Gasteiger charge is 2.12. The summed E-state index contributed by atoms with van der Waals surface area (Å²) in [6, 6.07) is 6.02. The van der Waals surface area contributed by atoms with E-state index in [0.717, 1.165) is 34.1 Å². The van der Waals surface area contributed by atoms with Gasteiger partial charge < -0.3 is 14.7 Å². The molecule has 0 aliphatic carbocycles. The van der Waals surface area contributed by atoms with Crippen LogP contribution in [0.25, 0.3) is 28.4 Å². The number of aromatic amines is 1. The van der Waals surface area contributed by atoms with Crippen LogP contribution in [0.5, 0.6) is 0 Å². The molecule has 2 N–H and O–H groups in total. The summed E-state index contributed by atoms with van der Waals surface area (Å²) in [6.45, 7) is 2.60. The Hall–Kier alpha value is -2.93. The van der Waals surface area contributed by atoms with Crippen LogP contribution in [0.15, 0.2) is 43.1 Å². The highest BCUT2D eigenvalue weighted by Crippen LogP contribution is 2.22. The van der Waals surface area contributed by atoms with Gasteiger partial charge in [-0.2, -0.15) is 0 Å². The Labute approximate surface area is 132 Å². The van der Waals surface area contributed by atoms with Crippen LogP contribution in [0.2, 0.25) is 0 Å². The molecule has 3 aromatic heterocycles. The lowest BCUT2D eigenvalue weighted by Crippen LogP contribution is -2.00. The van der Waals surface area contributed by atoms with Crippen molar-refractivity contribution in [3.8, 4) is 17.3 Å². The van der Waals surface area contributed by atoms with Gasteiger partial charge in [-0.25, -0.2) is 15.0 Å². The van der Waals surface area contributed by atoms with Gasteiger partial charge in [-0.1, -0.05) is 0 Å². The summed E-state index contributed by atoms with van der Waals surface area (Å²) < 4.78 is 3.91. The van der Waals surface area contributed by atoms with E-state index in [9.17, 15) is 0 Å². The molecular weight excluding hydrogens is 292 g/mol. The number of aliphatic hydroxyl groups excluding tert-OH is 1. The van der Waals surface area contributed by atoms with Gasteiger partial charge in [0.15, 0.2) is 11.6 Å². The third-order valence-electron chi connectivity index (χ3n) is 3.78. The lowest BCUT2D eigenvalue weighted by Gasteiger charge is -2.07. The SMILES string of the molecule is Cc1cnc(-c2nccn2-c2ccc3c(c2)ncn3CCO)[nH]1. The zero-order valence-electron chi connectivity index (χ0n) is 12.6. The normalized spacial score (nSPS) is 11.4. The molecule has 0 atom stereocenters. The van der Waals surface area contributed by atoms with E-state index in [1.54, 1.807) is 18.7 Å². The van der Waals surface area contributed by atoms with Crippen molar-refractivity contribution in [3.63, 3.8) is 0 Å². The molecule has 0 fully saturated rings. The maximum absolute atomic E-state index is 9.10. The molecule has 0 saturated carbocycles. The first kappa shape index (κ1) is 13.7. The zero-order chi connectivity index (χ0) is 15.8. The van der Waals surface area contributed by atoms with Crippen LogP contribution in [0.1, 0.15) is 5.69 Å². The summed E-state index contributed by atoms with van der Waals surface area (Å²) >= 11 is 0. The lowest BCUT2D eigenvalue weighted by atomic mass is 10.2. The van der Waals surface area contributed by atoms with Crippen LogP contribution in [-0.2, 0) is 6.54 Å². The van der Waals surface area contributed by atoms with E-state index in [1.165, 1.54) is 0 Å². The number of rotatable bonds is 4. The Morgan fingerprint density at radius 3 is 2.91 bits per heavy atom. The van der Waals surface area contributed by atoms with Gasteiger partial charge in [-0.05, 0) is 25.1 Å². The Morgan fingerprint density at radius 2 is 2.13 bits per heavy atom. The van der Waals surface area contributed by atoms with Gasteiger partial charge in [-0.15, -0.1) is 0 Å². The van der Waals surface area contributed by atoms with E-state index in [0.29, 0.717) is 6.54 Å². The highest BCUT2D eigenvalue weighted by molar-refractivity contribution is 5.78. The number of aryl methyl sites for hydroxylation is 1. The Morgan fingerprint density at radius 1 is 1.22 bits per heavy atom. The van der Waals surface area contributed by atoms with E-state index in [1.807, 2.05) is 40.5 Å².